The van der Waals surface area contributed by atoms with Gasteiger partial charge in [-0.15, -0.1) is 0 Å². The van der Waals surface area contributed by atoms with E-state index in [2.05, 4.69) is 21.5 Å². The predicted molar refractivity (Wildman–Crippen MR) is 67.3 cm³/mol. The van der Waals surface area contributed by atoms with E-state index in [1.54, 1.807) is 0 Å². The topological polar surface area (TPSA) is 51.8 Å². The molecule has 0 saturated heterocycles. The summed E-state index contributed by atoms with van der Waals surface area (Å²) in [6, 6.07) is 9.95. The first kappa shape index (κ1) is 9.30. The number of anilines is 1. The lowest BCUT2D eigenvalue weighted by Crippen LogP contribution is -1.89. The summed E-state index contributed by atoms with van der Waals surface area (Å²) < 4.78 is 4.09. The van der Waals surface area contributed by atoms with Crippen molar-refractivity contribution in [3.8, 4) is 11.1 Å². The molecule has 0 bridgehead atoms. The molecule has 16 heavy (non-hydrogen) atoms. The predicted octanol–water partition coefficient (Wildman–Crippen LogP) is 2.94. The number of hydrogen-bond acceptors (Lipinski definition) is 4. The second kappa shape index (κ2) is 3.57. The zero-order chi connectivity index (χ0) is 11.0. The summed E-state index contributed by atoms with van der Waals surface area (Å²) in [6.45, 7) is 0. The largest absolute Gasteiger partial charge is 0.384 e. The van der Waals surface area contributed by atoms with E-state index in [0.29, 0.717) is 5.82 Å². The highest BCUT2D eigenvalue weighted by molar-refractivity contribution is 7.03. The maximum Gasteiger partial charge on any atom is 0.124 e. The third-order valence-electron chi connectivity index (χ3n) is 2.48. The lowest BCUT2D eigenvalue weighted by molar-refractivity contribution is 1.41. The lowest BCUT2D eigenvalue weighted by Gasteiger charge is -2.01. The number of fused-ring (bicyclic) bond motifs is 1. The molecule has 0 aliphatic heterocycles. The molecule has 3 aromatic rings. The summed E-state index contributed by atoms with van der Waals surface area (Å²) in [5.41, 5.74) is 8.84. The van der Waals surface area contributed by atoms with Gasteiger partial charge in [-0.2, -0.15) is 0 Å². The van der Waals surface area contributed by atoms with Crippen molar-refractivity contribution < 1.29 is 0 Å². The number of hydrogen-bond donors (Lipinski definition) is 1. The van der Waals surface area contributed by atoms with E-state index in [1.165, 1.54) is 11.5 Å². The van der Waals surface area contributed by atoms with Gasteiger partial charge in [0.15, 0.2) is 0 Å². The molecule has 0 spiro atoms. The van der Waals surface area contributed by atoms with E-state index < -0.39 is 0 Å². The van der Waals surface area contributed by atoms with Crippen molar-refractivity contribution in [2.24, 2.45) is 0 Å². The normalized spacial score (nSPS) is 10.8. The van der Waals surface area contributed by atoms with Crippen molar-refractivity contribution in [3.05, 3.63) is 41.9 Å². The Hall–Kier alpha value is -1.94. The van der Waals surface area contributed by atoms with Crippen LogP contribution in [0.1, 0.15) is 0 Å². The highest BCUT2D eigenvalue weighted by Gasteiger charge is 2.01. The first-order chi connectivity index (χ1) is 7.83. The first-order valence-electron chi connectivity index (χ1n) is 4.89. The second-order valence-electron chi connectivity index (χ2n) is 3.56. The molecule has 0 saturated carbocycles. The molecule has 0 radical (unpaired) electrons. The molecule has 2 aromatic heterocycles. The zero-order valence-corrected chi connectivity index (χ0v) is 9.24. The van der Waals surface area contributed by atoms with E-state index in [1.807, 2.05) is 29.8 Å². The smallest absolute Gasteiger partial charge is 0.124 e. The molecule has 78 valence electrons. The van der Waals surface area contributed by atoms with Gasteiger partial charge >= 0.3 is 0 Å². The average Bonchev–Trinajstić information content (AvgIpc) is 2.81. The molecule has 2 N–H and O–H groups in total. The van der Waals surface area contributed by atoms with Crippen molar-refractivity contribution in [2.45, 2.75) is 0 Å². The number of pyridine rings is 1. The van der Waals surface area contributed by atoms with Crippen LogP contribution in [-0.2, 0) is 0 Å². The number of rotatable bonds is 1. The molecule has 4 heteroatoms. The number of aromatic nitrogens is 2. The minimum atomic E-state index is 0.549. The highest BCUT2D eigenvalue weighted by Crippen LogP contribution is 2.24. The Bertz CT molecular complexity index is 632. The molecule has 0 aliphatic carbocycles. The van der Waals surface area contributed by atoms with Crippen molar-refractivity contribution in [3.63, 3.8) is 0 Å². The maximum absolute atomic E-state index is 5.67. The molecule has 3 nitrogen and oxygen atoms in total. The molecular weight excluding hydrogens is 218 g/mol. The van der Waals surface area contributed by atoms with Gasteiger partial charge in [0.05, 0.1) is 5.52 Å². The standard InChI is InChI=1S/C12H9N3S/c13-12-4-3-8-1-2-9(5-11(8)15-12)10-6-14-16-7-10/h1-7H,(H2,13,15). The van der Waals surface area contributed by atoms with Crippen LogP contribution in [0.3, 0.4) is 0 Å². The lowest BCUT2D eigenvalue weighted by atomic mass is 10.1. The summed E-state index contributed by atoms with van der Waals surface area (Å²) in [6.07, 6.45) is 1.86. The molecular formula is C12H9N3S. The zero-order valence-electron chi connectivity index (χ0n) is 8.42. The minimum absolute atomic E-state index is 0.549. The van der Waals surface area contributed by atoms with Crippen LogP contribution in [0, 0.1) is 0 Å². The van der Waals surface area contributed by atoms with Crippen molar-refractivity contribution in [1.29, 1.82) is 0 Å². The molecule has 0 unspecified atom stereocenters. The van der Waals surface area contributed by atoms with Crippen LogP contribution in [0.5, 0.6) is 0 Å². The van der Waals surface area contributed by atoms with Gasteiger partial charge in [0.25, 0.3) is 0 Å². The van der Waals surface area contributed by atoms with Crippen molar-refractivity contribution >= 4 is 28.3 Å². The average molecular weight is 227 g/mol. The quantitative estimate of drug-likeness (QED) is 0.695. The SMILES string of the molecule is Nc1ccc2ccc(-c3cnsc3)cc2n1. The summed E-state index contributed by atoms with van der Waals surface area (Å²) in [5.74, 6) is 0.549. The fraction of sp³-hybridized carbons (Fsp3) is 0. The monoisotopic (exact) mass is 227 g/mol. The fourth-order valence-corrected chi connectivity index (χ4v) is 2.21. The molecule has 0 fully saturated rings. The van der Waals surface area contributed by atoms with E-state index >= 15 is 0 Å². The Morgan fingerprint density at radius 3 is 2.75 bits per heavy atom. The van der Waals surface area contributed by atoms with Gasteiger partial charge in [0.2, 0.25) is 0 Å². The third kappa shape index (κ3) is 1.53. The van der Waals surface area contributed by atoms with E-state index in [-0.39, 0.29) is 0 Å². The van der Waals surface area contributed by atoms with Gasteiger partial charge < -0.3 is 5.73 Å². The Morgan fingerprint density at radius 2 is 1.94 bits per heavy atom. The second-order valence-corrected chi connectivity index (χ2v) is 4.21. The van der Waals surface area contributed by atoms with E-state index in [4.69, 9.17) is 5.73 Å². The van der Waals surface area contributed by atoms with E-state index in [0.717, 1.165) is 22.0 Å². The molecule has 1 aromatic carbocycles. The molecule has 0 atom stereocenters. The highest BCUT2D eigenvalue weighted by atomic mass is 32.1. The van der Waals surface area contributed by atoms with Crippen LogP contribution < -0.4 is 5.73 Å². The number of benzene rings is 1. The van der Waals surface area contributed by atoms with Gasteiger partial charge in [0, 0.05) is 22.5 Å². The van der Waals surface area contributed by atoms with Crippen LogP contribution in [0.15, 0.2) is 41.9 Å². The summed E-state index contributed by atoms with van der Waals surface area (Å²) in [4.78, 5) is 4.31. The number of nitrogens with two attached hydrogens (primary N) is 1. The van der Waals surface area contributed by atoms with Gasteiger partial charge in [0.1, 0.15) is 5.82 Å². The van der Waals surface area contributed by atoms with Crippen LogP contribution >= 0.6 is 11.5 Å². The van der Waals surface area contributed by atoms with Gasteiger partial charge in [-0.1, -0.05) is 12.1 Å². The van der Waals surface area contributed by atoms with E-state index in [9.17, 15) is 0 Å². The van der Waals surface area contributed by atoms with Crippen molar-refractivity contribution in [1.82, 2.24) is 9.36 Å². The number of nitrogens with zero attached hydrogens (tertiary/aromatic N) is 2. The van der Waals surface area contributed by atoms with Crippen LogP contribution in [0.4, 0.5) is 5.82 Å². The molecule has 0 amide bonds. The third-order valence-corrected chi connectivity index (χ3v) is 3.07. The first-order valence-corrected chi connectivity index (χ1v) is 5.72. The summed E-state index contributed by atoms with van der Waals surface area (Å²) in [5, 5.41) is 3.12. The Labute approximate surface area is 96.7 Å². The number of nitrogen functional groups attached to an aromatic ring is 1. The van der Waals surface area contributed by atoms with Crippen LogP contribution in [0.2, 0.25) is 0 Å². The maximum atomic E-state index is 5.67. The van der Waals surface area contributed by atoms with Crippen LogP contribution in [-0.4, -0.2) is 9.36 Å². The summed E-state index contributed by atoms with van der Waals surface area (Å²) in [7, 11) is 0. The molecule has 0 aliphatic rings. The molecule has 3 rings (SSSR count). The van der Waals surface area contributed by atoms with Crippen LogP contribution in [0.25, 0.3) is 22.0 Å². The Morgan fingerprint density at radius 1 is 1.06 bits per heavy atom. The fourth-order valence-electron chi connectivity index (χ4n) is 1.66. The summed E-state index contributed by atoms with van der Waals surface area (Å²) >= 11 is 1.45. The van der Waals surface area contributed by atoms with Gasteiger partial charge in [-0.05, 0) is 35.3 Å². The Balaban J connectivity index is 2.22. The van der Waals surface area contributed by atoms with Gasteiger partial charge in [-0.25, -0.2) is 9.36 Å². The minimum Gasteiger partial charge on any atom is -0.384 e. The molecule has 2 heterocycles. The van der Waals surface area contributed by atoms with Gasteiger partial charge in [-0.3, -0.25) is 0 Å². The Kier molecular flexibility index (Phi) is 2.08. The van der Waals surface area contributed by atoms with Crippen molar-refractivity contribution in [2.75, 3.05) is 5.73 Å².